The predicted octanol–water partition coefficient (Wildman–Crippen LogP) is -1.75. The van der Waals surface area contributed by atoms with E-state index in [1.807, 2.05) is 18.2 Å². The summed E-state index contributed by atoms with van der Waals surface area (Å²) in [6.07, 6.45) is 5.29. The third-order valence-corrected chi connectivity index (χ3v) is 5.13. The van der Waals surface area contributed by atoms with E-state index in [-0.39, 0.29) is 36.1 Å². The molecule has 2 heterocycles. The first-order valence-corrected chi connectivity index (χ1v) is 9.85. The summed E-state index contributed by atoms with van der Waals surface area (Å²) < 4.78 is 32.0. The van der Waals surface area contributed by atoms with Crippen molar-refractivity contribution in [1.29, 1.82) is 5.26 Å². The van der Waals surface area contributed by atoms with Crippen LogP contribution in [0.5, 0.6) is 0 Å². The second-order valence-electron chi connectivity index (χ2n) is 5.27. The van der Waals surface area contributed by atoms with Crippen LogP contribution in [0, 0.1) is 11.5 Å². The molecule has 0 radical (unpaired) electrons. The molecule has 0 amide bonds. The van der Waals surface area contributed by atoms with Crippen LogP contribution in [0.3, 0.4) is 0 Å². The Morgan fingerprint density at radius 3 is 2.89 bits per heavy atom. The number of amidine groups is 1. The van der Waals surface area contributed by atoms with Crippen LogP contribution in [0.25, 0.3) is 0 Å². The smallest absolute Gasteiger partial charge is 0.748 e. The van der Waals surface area contributed by atoms with Crippen molar-refractivity contribution in [3.05, 3.63) is 36.2 Å². The van der Waals surface area contributed by atoms with Gasteiger partial charge in [0.2, 0.25) is 0 Å². The summed E-state index contributed by atoms with van der Waals surface area (Å²) >= 11 is 1.50. The van der Waals surface area contributed by atoms with Crippen molar-refractivity contribution in [2.75, 3.05) is 17.6 Å². The van der Waals surface area contributed by atoms with Gasteiger partial charge in [0.1, 0.15) is 10.9 Å². The van der Waals surface area contributed by atoms with Crippen molar-refractivity contribution in [2.24, 2.45) is 4.99 Å². The molecule has 0 atom stereocenters. The number of nitriles is 1. The molecule has 9 nitrogen and oxygen atoms in total. The van der Waals surface area contributed by atoms with Crippen LogP contribution in [0.2, 0.25) is 0 Å². The molecule has 1 aromatic heterocycles. The third-order valence-electron chi connectivity index (χ3n) is 3.38. The van der Waals surface area contributed by atoms with Crippen molar-refractivity contribution < 1.29 is 42.5 Å². The van der Waals surface area contributed by atoms with E-state index in [0.717, 1.165) is 21.2 Å². The fourth-order valence-electron chi connectivity index (χ4n) is 2.28. The van der Waals surface area contributed by atoms with Crippen LogP contribution >= 0.6 is 11.8 Å². The largest absolute Gasteiger partial charge is 1.00 e. The Morgan fingerprint density at radius 1 is 1.37 bits per heavy atom. The van der Waals surface area contributed by atoms with Gasteiger partial charge in [0.05, 0.1) is 28.1 Å². The molecular formula is C15H13N6NaO3S2. The van der Waals surface area contributed by atoms with Crippen molar-refractivity contribution in [2.45, 2.75) is 16.3 Å². The van der Waals surface area contributed by atoms with Gasteiger partial charge in [-0.15, -0.1) is 0 Å². The minimum Gasteiger partial charge on any atom is -0.748 e. The molecule has 0 unspecified atom stereocenters. The number of anilines is 2. The number of aliphatic imine (C=N–C) groups is 1. The van der Waals surface area contributed by atoms with Gasteiger partial charge in [-0.1, -0.05) is 17.8 Å². The Balaban J connectivity index is 0.00000261. The molecule has 2 aromatic rings. The van der Waals surface area contributed by atoms with E-state index in [1.54, 1.807) is 18.6 Å². The van der Waals surface area contributed by atoms with E-state index in [0.29, 0.717) is 18.1 Å². The van der Waals surface area contributed by atoms with E-state index < -0.39 is 15.9 Å². The van der Waals surface area contributed by atoms with Gasteiger partial charge in [-0.25, -0.2) is 18.4 Å². The standard InChI is InChI=1S/C15H14N6O3S2.Na/c16-9-20-13(17-5-6-26(22,23)24)8-10-1-2-12-11(7-10)21-14-15(25-12)19-4-3-18-14;/h1-4,7H,5-6,8H2,(H,17,20)(H,18,21)(H,22,23,24);/q;+1/p-1. The average Bonchev–Trinajstić information content (AvgIpc) is 2.59. The molecule has 0 saturated heterocycles. The zero-order valence-corrected chi connectivity index (χ0v) is 18.0. The summed E-state index contributed by atoms with van der Waals surface area (Å²) in [6.45, 7) is -0.197. The maximum absolute atomic E-state index is 10.7. The van der Waals surface area contributed by atoms with Gasteiger partial charge < -0.3 is 9.87 Å². The third kappa shape index (κ3) is 6.17. The molecule has 3 rings (SSSR count). The molecular weight excluding hydrogens is 399 g/mol. The first-order valence-electron chi connectivity index (χ1n) is 7.45. The van der Waals surface area contributed by atoms with Gasteiger partial charge in [-0.3, -0.25) is 10.3 Å². The second kappa shape index (κ2) is 9.50. The Morgan fingerprint density at radius 2 is 2.15 bits per heavy atom. The second-order valence-corrected chi connectivity index (χ2v) is 7.83. The van der Waals surface area contributed by atoms with Gasteiger partial charge in [0, 0.05) is 23.7 Å². The zero-order chi connectivity index (χ0) is 18.6. The summed E-state index contributed by atoms with van der Waals surface area (Å²) in [6, 6.07) is 5.71. The Bertz CT molecular complexity index is 1010. The zero-order valence-electron chi connectivity index (χ0n) is 14.3. The first-order chi connectivity index (χ1) is 12.4. The van der Waals surface area contributed by atoms with Gasteiger partial charge in [-0.05, 0) is 17.7 Å². The summed E-state index contributed by atoms with van der Waals surface area (Å²) in [5, 5.41) is 15.2. The molecule has 1 aliphatic heterocycles. The van der Waals surface area contributed by atoms with Gasteiger partial charge in [0.25, 0.3) is 0 Å². The van der Waals surface area contributed by atoms with Crippen LogP contribution in [0.15, 0.2) is 45.5 Å². The summed E-state index contributed by atoms with van der Waals surface area (Å²) in [5.41, 5.74) is 1.72. The summed E-state index contributed by atoms with van der Waals surface area (Å²) in [4.78, 5) is 13.5. The SMILES string of the molecule is N#CNC(Cc1ccc2c(c1)Nc1nccnc1S2)=NCCS(=O)(=O)[O-].[Na+]. The molecule has 134 valence electrons. The summed E-state index contributed by atoms with van der Waals surface area (Å²) in [7, 11) is -4.34. The van der Waals surface area contributed by atoms with E-state index >= 15 is 0 Å². The van der Waals surface area contributed by atoms with Gasteiger partial charge in [0.15, 0.2) is 12.0 Å². The number of hydrogen-bond donors (Lipinski definition) is 2. The van der Waals surface area contributed by atoms with Crippen molar-refractivity contribution >= 4 is 39.2 Å². The van der Waals surface area contributed by atoms with Gasteiger partial charge >= 0.3 is 29.6 Å². The molecule has 0 saturated carbocycles. The minimum absolute atomic E-state index is 0. The monoisotopic (exact) mass is 412 g/mol. The van der Waals surface area contributed by atoms with Crippen molar-refractivity contribution in [3.8, 4) is 6.19 Å². The minimum atomic E-state index is -4.34. The molecule has 0 bridgehead atoms. The van der Waals surface area contributed by atoms with Gasteiger partial charge in [-0.2, -0.15) is 5.26 Å². The predicted molar refractivity (Wildman–Crippen MR) is 95.2 cm³/mol. The topological polar surface area (TPSA) is 143 Å². The van der Waals surface area contributed by atoms with Crippen LogP contribution in [0.4, 0.5) is 11.5 Å². The molecule has 1 aliphatic rings. The number of hydrogen-bond acceptors (Lipinski definition) is 9. The maximum Gasteiger partial charge on any atom is 1.00 e. The Kier molecular flexibility index (Phi) is 7.60. The number of rotatable bonds is 5. The molecule has 27 heavy (non-hydrogen) atoms. The van der Waals surface area contributed by atoms with Crippen LogP contribution < -0.4 is 40.2 Å². The molecule has 12 heteroatoms. The molecule has 2 N–H and O–H groups in total. The normalized spacial score (nSPS) is 12.7. The number of fused-ring (bicyclic) bond motifs is 2. The number of benzene rings is 1. The Labute approximate surface area is 182 Å². The maximum atomic E-state index is 10.7. The fraction of sp³-hybridized carbons (Fsp3) is 0.200. The van der Waals surface area contributed by atoms with Crippen molar-refractivity contribution in [3.63, 3.8) is 0 Å². The average molecular weight is 412 g/mol. The Hall–Kier alpha value is -1.68. The fourth-order valence-corrected chi connectivity index (χ4v) is 3.47. The number of nitrogens with one attached hydrogen (secondary N) is 2. The molecule has 0 spiro atoms. The quantitative estimate of drug-likeness (QED) is 0.124. The van der Waals surface area contributed by atoms with E-state index in [1.165, 1.54) is 11.8 Å². The number of nitrogens with zero attached hydrogens (tertiary/aromatic N) is 4. The molecule has 1 aromatic carbocycles. The van der Waals surface area contributed by atoms with E-state index in [9.17, 15) is 13.0 Å². The first kappa shape index (κ1) is 21.6. The number of aromatic nitrogens is 2. The molecule has 0 fully saturated rings. The van der Waals surface area contributed by atoms with Crippen molar-refractivity contribution in [1.82, 2.24) is 15.3 Å². The molecule has 0 aliphatic carbocycles. The van der Waals surface area contributed by atoms with Crippen LogP contribution in [0.1, 0.15) is 5.56 Å². The van der Waals surface area contributed by atoms with Crippen LogP contribution in [-0.4, -0.2) is 41.1 Å². The van der Waals surface area contributed by atoms with E-state index in [4.69, 9.17) is 5.26 Å². The van der Waals surface area contributed by atoms with Crippen LogP contribution in [-0.2, 0) is 16.5 Å². The van der Waals surface area contributed by atoms with E-state index in [2.05, 4.69) is 25.6 Å². The summed E-state index contributed by atoms with van der Waals surface area (Å²) in [5.74, 6) is 0.355.